The molecule has 0 amide bonds. The third-order valence-corrected chi connectivity index (χ3v) is 7.04. The van der Waals surface area contributed by atoms with Gasteiger partial charge in [-0.3, -0.25) is 4.79 Å². The number of benzene rings is 1. The lowest BCUT2D eigenvalue weighted by molar-refractivity contribution is -0.164. The Bertz CT molecular complexity index is 905. The van der Waals surface area contributed by atoms with Crippen LogP contribution in [0.25, 0.3) is 0 Å². The molecule has 1 aromatic carbocycles. The summed E-state index contributed by atoms with van der Waals surface area (Å²) in [6.07, 6.45) is -0.346. The van der Waals surface area contributed by atoms with Gasteiger partial charge in [-0.1, -0.05) is 12.1 Å². The molecular weight excluding hydrogens is 402 g/mol. The maximum absolute atomic E-state index is 13.0. The maximum Gasteiger partial charge on any atom is 0.347 e. The monoisotopic (exact) mass is 425 g/mol. The van der Waals surface area contributed by atoms with Gasteiger partial charge in [0.1, 0.15) is 6.10 Å². The van der Waals surface area contributed by atoms with Crippen LogP contribution in [0.5, 0.6) is 0 Å². The highest BCUT2D eigenvalue weighted by molar-refractivity contribution is 7.89. The Hall–Kier alpha value is -2.46. The van der Waals surface area contributed by atoms with Gasteiger partial charge in [0.05, 0.1) is 23.5 Å². The van der Waals surface area contributed by atoms with E-state index in [0.717, 1.165) is 0 Å². The third kappa shape index (κ3) is 4.43. The van der Waals surface area contributed by atoms with Gasteiger partial charge in [-0.15, -0.1) is 0 Å². The van der Waals surface area contributed by atoms with E-state index in [4.69, 9.17) is 9.47 Å². The predicted molar refractivity (Wildman–Crippen MR) is 99.3 cm³/mol. The number of carbonyl (C=O) groups excluding carboxylic acids is 3. The van der Waals surface area contributed by atoms with E-state index >= 15 is 0 Å². The molecule has 29 heavy (non-hydrogen) atoms. The number of sulfonamides is 1. The number of methoxy groups -OCH3 is 1. The lowest BCUT2D eigenvalue weighted by atomic mass is 9.98. The van der Waals surface area contributed by atoms with E-state index < -0.39 is 40.0 Å². The highest BCUT2D eigenvalue weighted by atomic mass is 32.2. The molecule has 0 bridgehead atoms. The Morgan fingerprint density at radius 1 is 1.17 bits per heavy atom. The molecule has 2 aliphatic rings. The first kappa shape index (κ1) is 21.3. The first-order chi connectivity index (χ1) is 13.7. The van der Waals surface area contributed by atoms with E-state index in [2.05, 4.69) is 4.74 Å². The SMILES string of the molecule is COC(=O)c1ccccc1S(=O)(=O)N1CCC(C(=O)O[C@H]2C[C@@H](C)OC2=O)CC1. The summed E-state index contributed by atoms with van der Waals surface area (Å²) in [5.74, 6) is -2.31. The van der Waals surface area contributed by atoms with Crippen molar-refractivity contribution in [2.75, 3.05) is 20.2 Å². The Kier molecular flexibility index (Phi) is 6.23. The van der Waals surface area contributed by atoms with Gasteiger partial charge < -0.3 is 14.2 Å². The average molecular weight is 425 g/mol. The highest BCUT2D eigenvalue weighted by Gasteiger charge is 2.39. The molecule has 2 atom stereocenters. The summed E-state index contributed by atoms with van der Waals surface area (Å²) < 4.78 is 42.1. The second-order valence-electron chi connectivity index (χ2n) is 7.07. The van der Waals surface area contributed by atoms with E-state index in [1.54, 1.807) is 13.0 Å². The van der Waals surface area contributed by atoms with Gasteiger partial charge in [0.25, 0.3) is 0 Å². The van der Waals surface area contributed by atoms with Crippen LogP contribution in [0.4, 0.5) is 0 Å². The predicted octanol–water partition coefficient (Wildman–Crippen LogP) is 1.12. The summed E-state index contributed by atoms with van der Waals surface area (Å²) in [6.45, 7) is 1.92. The van der Waals surface area contributed by atoms with Crippen molar-refractivity contribution in [3.05, 3.63) is 29.8 Å². The fraction of sp³-hybridized carbons (Fsp3) is 0.526. The zero-order valence-electron chi connectivity index (χ0n) is 16.2. The number of ether oxygens (including phenoxy) is 3. The zero-order valence-corrected chi connectivity index (χ0v) is 17.0. The first-order valence-corrected chi connectivity index (χ1v) is 10.8. The smallest absolute Gasteiger partial charge is 0.347 e. The minimum Gasteiger partial charge on any atom is -0.465 e. The number of carbonyl (C=O) groups is 3. The Morgan fingerprint density at radius 2 is 1.83 bits per heavy atom. The standard InChI is InChI=1S/C19H23NO8S/c1-12-11-15(19(23)27-12)28-17(21)13-7-9-20(10-8-13)29(24,25)16-6-4-3-5-14(16)18(22)26-2/h3-6,12-13,15H,7-11H2,1-2H3/t12-,15+/m1/s1. The molecule has 0 N–H and O–H groups in total. The van der Waals surface area contributed by atoms with Crippen molar-refractivity contribution < 1.29 is 37.0 Å². The Labute approximate surface area is 169 Å². The number of cyclic esters (lactones) is 1. The molecule has 3 rings (SSSR count). The van der Waals surface area contributed by atoms with E-state index in [-0.39, 0.29) is 42.5 Å². The summed E-state index contributed by atoms with van der Waals surface area (Å²) >= 11 is 0. The Morgan fingerprint density at radius 3 is 2.41 bits per heavy atom. The van der Waals surface area contributed by atoms with Gasteiger partial charge in [0.2, 0.25) is 16.1 Å². The van der Waals surface area contributed by atoms with Crippen LogP contribution in [0.15, 0.2) is 29.2 Å². The van der Waals surface area contributed by atoms with Crippen molar-refractivity contribution >= 4 is 27.9 Å². The van der Waals surface area contributed by atoms with Crippen LogP contribution in [-0.4, -0.2) is 63.0 Å². The molecule has 10 heteroatoms. The van der Waals surface area contributed by atoms with E-state index in [1.165, 1.54) is 29.6 Å². The van der Waals surface area contributed by atoms with Gasteiger partial charge in [0.15, 0.2) is 0 Å². The fourth-order valence-electron chi connectivity index (χ4n) is 3.49. The molecule has 2 heterocycles. The van der Waals surface area contributed by atoms with Gasteiger partial charge in [-0.2, -0.15) is 4.31 Å². The molecule has 9 nitrogen and oxygen atoms in total. The van der Waals surface area contributed by atoms with Crippen molar-refractivity contribution in [3.8, 4) is 0 Å². The number of esters is 3. The second-order valence-corrected chi connectivity index (χ2v) is 8.98. The molecule has 0 unspecified atom stereocenters. The number of nitrogens with zero attached hydrogens (tertiary/aromatic N) is 1. The molecule has 2 fully saturated rings. The molecule has 0 spiro atoms. The summed E-state index contributed by atoms with van der Waals surface area (Å²) in [6, 6.07) is 5.84. The Balaban J connectivity index is 1.65. The van der Waals surface area contributed by atoms with Crippen LogP contribution in [-0.2, 0) is 33.8 Å². The van der Waals surface area contributed by atoms with Crippen molar-refractivity contribution in [1.82, 2.24) is 4.31 Å². The van der Waals surface area contributed by atoms with Crippen LogP contribution in [0.3, 0.4) is 0 Å². The first-order valence-electron chi connectivity index (χ1n) is 9.32. The van der Waals surface area contributed by atoms with E-state index in [0.29, 0.717) is 6.42 Å². The zero-order chi connectivity index (χ0) is 21.2. The van der Waals surface area contributed by atoms with Crippen molar-refractivity contribution in [2.24, 2.45) is 5.92 Å². The number of hydrogen-bond acceptors (Lipinski definition) is 8. The third-order valence-electron chi connectivity index (χ3n) is 5.08. The van der Waals surface area contributed by atoms with Gasteiger partial charge >= 0.3 is 17.9 Å². The summed E-state index contributed by atoms with van der Waals surface area (Å²) in [5.41, 5.74) is -0.0367. The average Bonchev–Trinajstić information content (AvgIpc) is 3.04. The molecule has 0 aliphatic carbocycles. The quantitative estimate of drug-likeness (QED) is 0.509. The highest BCUT2D eigenvalue weighted by Crippen LogP contribution is 2.28. The minimum absolute atomic E-state index is 0.0367. The topological polar surface area (TPSA) is 116 Å². The molecule has 2 aliphatic heterocycles. The van der Waals surface area contributed by atoms with E-state index in [9.17, 15) is 22.8 Å². The molecule has 0 aromatic heterocycles. The van der Waals surface area contributed by atoms with Crippen molar-refractivity contribution in [1.29, 1.82) is 0 Å². The molecule has 158 valence electrons. The van der Waals surface area contributed by atoms with Crippen LogP contribution in [0.1, 0.15) is 36.5 Å². The number of hydrogen-bond donors (Lipinski definition) is 0. The van der Waals surface area contributed by atoms with Crippen LogP contribution in [0, 0.1) is 5.92 Å². The molecule has 0 radical (unpaired) electrons. The normalized spacial score (nSPS) is 23.4. The number of piperidine rings is 1. The van der Waals surface area contributed by atoms with E-state index in [1.807, 2.05) is 0 Å². The van der Waals surface area contributed by atoms with Crippen molar-refractivity contribution in [2.45, 2.75) is 43.3 Å². The summed E-state index contributed by atoms with van der Waals surface area (Å²) in [7, 11) is -2.74. The summed E-state index contributed by atoms with van der Waals surface area (Å²) in [5, 5.41) is 0. The largest absolute Gasteiger partial charge is 0.465 e. The lowest BCUT2D eigenvalue weighted by Crippen LogP contribution is -2.41. The molecular formula is C19H23NO8S. The summed E-state index contributed by atoms with van der Waals surface area (Å²) in [4.78, 5) is 35.8. The van der Waals surface area contributed by atoms with Crippen LogP contribution < -0.4 is 0 Å². The lowest BCUT2D eigenvalue weighted by Gasteiger charge is -2.30. The van der Waals surface area contributed by atoms with Crippen molar-refractivity contribution in [3.63, 3.8) is 0 Å². The van der Waals surface area contributed by atoms with Gasteiger partial charge in [-0.05, 0) is 31.9 Å². The fourth-order valence-corrected chi connectivity index (χ4v) is 5.14. The second kappa shape index (κ2) is 8.50. The molecule has 0 saturated carbocycles. The van der Waals surface area contributed by atoms with Crippen LogP contribution >= 0.6 is 0 Å². The van der Waals surface area contributed by atoms with Crippen LogP contribution in [0.2, 0.25) is 0 Å². The minimum atomic E-state index is -3.93. The van der Waals surface area contributed by atoms with Gasteiger partial charge in [0, 0.05) is 19.5 Å². The number of rotatable bonds is 5. The van der Waals surface area contributed by atoms with Gasteiger partial charge in [-0.25, -0.2) is 18.0 Å². The molecule has 1 aromatic rings. The maximum atomic E-state index is 13.0. The molecule has 2 saturated heterocycles.